The van der Waals surface area contributed by atoms with Crippen LogP contribution in [-0.4, -0.2) is 25.1 Å². The SMILES string of the molecule is COc1ccc(CN(CCN)Cc2ccccc2)cc1C. The van der Waals surface area contributed by atoms with E-state index in [1.807, 2.05) is 12.1 Å². The van der Waals surface area contributed by atoms with Crippen LogP contribution in [0, 0.1) is 6.92 Å². The number of hydrogen-bond acceptors (Lipinski definition) is 3. The molecule has 0 saturated heterocycles. The summed E-state index contributed by atoms with van der Waals surface area (Å²) in [5, 5.41) is 0. The Balaban J connectivity index is 2.07. The molecular weight excluding hydrogens is 260 g/mol. The fraction of sp³-hybridized carbons (Fsp3) is 0.333. The topological polar surface area (TPSA) is 38.5 Å². The monoisotopic (exact) mass is 284 g/mol. The highest BCUT2D eigenvalue weighted by Crippen LogP contribution is 2.20. The maximum atomic E-state index is 5.75. The molecule has 21 heavy (non-hydrogen) atoms. The summed E-state index contributed by atoms with van der Waals surface area (Å²) < 4.78 is 5.31. The number of rotatable bonds is 7. The van der Waals surface area contributed by atoms with Crippen LogP contribution >= 0.6 is 0 Å². The lowest BCUT2D eigenvalue weighted by atomic mass is 10.1. The molecule has 2 aromatic carbocycles. The lowest BCUT2D eigenvalue weighted by Gasteiger charge is -2.22. The van der Waals surface area contributed by atoms with E-state index in [1.54, 1.807) is 7.11 Å². The highest BCUT2D eigenvalue weighted by Gasteiger charge is 2.08. The minimum atomic E-state index is 0.669. The molecule has 0 radical (unpaired) electrons. The lowest BCUT2D eigenvalue weighted by Crippen LogP contribution is -2.28. The molecule has 2 aromatic rings. The molecule has 0 spiro atoms. The summed E-state index contributed by atoms with van der Waals surface area (Å²) in [5.41, 5.74) is 9.52. The first kappa shape index (κ1) is 15.5. The van der Waals surface area contributed by atoms with Gasteiger partial charge in [-0.25, -0.2) is 0 Å². The van der Waals surface area contributed by atoms with Gasteiger partial charge in [-0.2, -0.15) is 0 Å². The predicted octanol–water partition coefficient (Wildman–Crippen LogP) is 2.96. The Morgan fingerprint density at radius 3 is 2.33 bits per heavy atom. The highest BCUT2D eigenvalue weighted by molar-refractivity contribution is 5.36. The minimum absolute atomic E-state index is 0.669. The van der Waals surface area contributed by atoms with E-state index in [0.717, 1.165) is 25.4 Å². The van der Waals surface area contributed by atoms with E-state index in [-0.39, 0.29) is 0 Å². The molecule has 3 nitrogen and oxygen atoms in total. The van der Waals surface area contributed by atoms with E-state index in [4.69, 9.17) is 10.5 Å². The van der Waals surface area contributed by atoms with E-state index < -0.39 is 0 Å². The fourth-order valence-corrected chi connectivity index (χ4v) is 2.54. The summed E-state index contributed by atoms with van der Waals surface area (Å²) in [7, 11) is 1.71. The van der Waals surface area contributed by atoms with Crippen molar-refractivity contribution in [2.24, 2.45) is 5.73 Å². The van der Waals surface area contributed by atoms with Gasteiger partial charge in [-0.3, -0.25) is 4.90 Å². The summed E-state index contributed by atoms with van der Waals surface area (Å²) in [4.78, 5) is 2.37. The Kier molecular flexibility index (Phi) is 5.78. The van der Waals surface area contributed by atoms with Gasteiger partial charge in [-0.15, -0.1) is 0 Å². The number of methoxy groups -OCH3 is 1. The van der Waals surface area contributed by atoms with Crippen LogP contribution in [0.15, 0.2) is 48.5 Å². The molecule has 0 heterocycles. The van der Waals surface area contributed by atoms with E-state index in [9.17, 15) is 0 Å². The van der Waals surface area contributed by atoms with Crippen molar-refractivity contribution in [1.82, 2.24) is 4.90 Å². The molecule has 0 fully saturated rings. The van der Waals surface area contributed by atoms with Crippen molar-refractivity contribution >= 4 is 0 Å². The van der Waals surface area contributed by atoms with Gasteiger partial charge in [0, 0.05) is 26.2 Å². The maximum Gasteiger partial charge on any atom is 0.121 e. The van der Waals surface area contributed by atoms with Crippen LogP contribution in [0.25, 0.3) is 0 Å². The van der Waals surface area contributed by atoms with Crippen LogP contribution in [-0.2, 0) is 13.1 Å². The van der Waals surface area contributed by atoms with Gasteiger partial charge in [0.1, 0.15) is 5.75 Å². The number of aryl methyl sites for hydroxylation is 1. The molecule has 2 rings (SSSR count). The first-order chi connectivity index (χ1) is 10.2. The Labute approximate surface area is 127 Å². The summed E-state index contributed by atoms with van der Waals surface area (Å²) in [6.07, 6.45) is 0. The average Bonchev–Trinajstić information content (AvgIpc) is 2.49. The lowest BCUT2D eigenvalue weighted by molar-refractivity contribution is 0.264. The van der Waals surface area contributed by atoms with E-state index in [2.05, 4.69) is 48.2 Å². The molecular formula is C18H24N2O. The molecule has 0 aliphatic rings. The van der Waals surface area contributed by atoms with Gasteiger partial charge in [0.25, 0.3) is 0 Å². The third-order valence-corrected chi connectivity index (χ3v) is 3.56. The number of nitrogens with two attached hydrogens (primary N) is 1. The highest BCUT2D eigenvalue weighted by atomic mass is 16.5. The zero-order chi connectivity index (χ0) is 15.1. The van der Waals surface area contributed by atoms with Gasteiger partial charge in [-0.1, -0.05) is 42.5 Å². The Morgan fingerprint density at radius 1 is 1.00 bits per heavy atom. The first-order valence-corrected chi connectivity index (χ1v) is 7.33. The molecule has 0 aliphatic heterocycles. The zero-order valence-electron chi connectivity index (χ0n) is 12.9. The molecule has 0 aromatic heterocycles. The number of benzene rings is 2. The van der Waals surface area contributed by atoms with E-state index >= 15 is 0 Å². The fourth-order valence-electron chi connectivity index (χ4n) is 2.54. The first-order valence-electron chi connectivity index (χ1n) is 7.33. The summed E-state index contributed by atoms with van der Waals surface area (Å²) in [6.45, 7) is 5.45. The smallest absolute Gasteiger partial charge is 0.121 e. The van der Waals surface area contributed by atoms with Crippen molar-refractivity contribution < 1.29 is 4.74 Å². The Morgan fingerprint density at radius 2 is 1.71 bits per heavy atom. The zero-order valence-corrected chi connectivity index (χ0v) is 12.9. The van der Waals surface area contributed by atoms with Gasteiger partial charge >= 0.3 is 0 Å². The van der Waals surface area contributed by atoms with Crippen molar-refractivity contribution in [3.63, 3.8) is 0 Å². The van der Waals surface area contributed by atoms with Crippen molar-refractivity contribution in [2.75, 3.05) is 20.2 Å². The van der Waals surface area contributed by atoms with Gasteiger partial charge in [-0.05, 0) is 29.7 Å². The van der Waals surface area contributed by atoms with Crippen LogP contribution in [0.5, 0.6) is 5.75 Å². The largest absolute Gasteiger partial charge is 0.496 e. The third kappa shape index (κ3) is 4.59. The van der Waals surface area contributed by atoms with Crippen molar-refractivity contribution in [1.29, 1.82) is 0 Å². The maximum absolute atomic E-state index is 5.75. The van der Waals surface area contributed by atoms with Crippen LogP contribution in [0.2, 0.25) is 0 Å². The molecule has 0 aliphatic carbocycles. The molecule has 0 bridgehead atoms. The number of hydrogen-bond donors (Lipinski definition) is 1. The average molecular weight is 284 g/mol. The van der Waals surface area contributed by atoms with Gasteiger partial charge in [0.15, 0.2) is 0 Å². The van der Waals surface area contributed by atoms with Crippen molar-refractivity contribution in [3.8, 4) is 5.75 Å². The van der Waals surface area contributed by atoms with Crippen LogP contribution < -0.4 is 10.5 Å². The Bertz CT molecular complexity index is 554. The third-order valence-electron chi connectivity index (χ3n) is 3.56. The van der Waals surface area contributed by atoms with E-state index in [1.165, 1.54) is 16.7 Å². The number of ether oxygens (including phenoxy) is 1. The van der Waals surface area contributed by atoms with Crippen LogP contribution in [0.3, 0.4) is 0 Å². The summed E-state index contributed by atoms with van der Waals surface area (Å²) in [5.74, 6) is 0.937. The molecule has 0 atom stereocenters. The van der Waals surface area contributed by atoms with Crippen LogP contribution in [0.4, 0.5) is 0 Å². The minimum Gasteiger partial charge on any atom is -0.496 e. The van der Waals surface area contributed by atoms with Gasteiger partial charge in [0.2, 0.25) is 0 Å². The number of nitrogens with zero attached hydrogens (tertiary/aromatic N) is 1. The quantitative estimate of drug-likeness (QED) is 0.849. The molecule has 0 unspecified atom stereocenters. The van der Waals surface area contributed by atoms with Crippen molar-refractivity contribution in [2.45, 2.75) is 20.0 Å². The summed E-state index contributed by atoms with van der Waals surface area (Å²) >= 11 is 0. The summed E-state index contributed by atoms with van der Waals surface area (Å²) in [6, 6.07) is 16.9. The van der Waals surface area contributed by atoms with E-state index in [0.29, 0.717) is 6.54 Å². The second-order valence-corrected chi connectivity index (χ2v) is 5.29. The van der Waals surface area contributed by atoms with Crippen molar-refractivity contribution in [3.05, 3.63) is 65.2 Å². The molecule has 2 N–H and O–H groups in total. The van der Waals surface area contributed by atoms with Crippen LogP contribution in [0.1, 0.15) is 16.7 Å². The Hall–Kier alpha value is -1.84. The standard InChI is InChI=1S/C18H24N2O/c1-15-12-17(8-9-18(15)21-2)14-20(11-10-19)13-16-6-4-3-5-7-16/h3-9,12H,10-11,13-14,19H2,1-2H3. The second-order valence-electron chi connectivity index (χ2n) is 5.29. The molecule has 112 valence electrons. The molecule has 0 amide bonds. The van der Waals surface area contributed by atoms with Gasteiger partial charge in [0.05, 0.1) is 7.11 Å². The molecule has 0 saturated carbocycles. The van der Waals surface area contributed by atoms with Gasteiger partial charge < -0.3 is 10.5 Å². The second kappa shape index (κ2) is 7.81. The predicted molar refractivity (Wildman–Crippen MR) is 87.3 cm³/mol. The molecule has 3 heteroatoms. The normalized spacial score (nSPS) is 10.9.